The highest BCUT2D eigenvalue weighted by atomic mass is 79.9. The molecule has 0 saturated heterocycles. The zero-order chi connectivity index (χ0) is 21.6. The van der Waals surface area contributed by atoms with Crippen LogP contribution in [0.2, 0.25) is 0 Å². The normalized spacial score (nSPS) is 15.7. The van der Waals surface area contributed by atoms with Gasteiger partial charge in [0.2, 0.25) is 0 Å². The first-order valence-electron chi connectivity index (χ1n) is 12.2. The number of hydrogen-bond acceptors (Lipinski definition) is 3. The molecule has 0 bridgehead atoms. The first-order chi connectivity index (χ1) is 14.6. The van der Waals surface area contributed by atoms with E-state index in [1.807, 2.05) is 19.1 Å². The van der Waals surface area contributed by atoms with Gasteiger partial charge >= 0.3 is 5.97 Å². The molecule has 3 nitrogen and oxygen atoms in total. The van der Waals surface area contributed by atoms with Crippen molar-refractivity contribution in [2.24, 2.45) is 5.92 Å². The van der Waals surface area contributed by atoms with Crippen molar-refractivity contribution in [3.8, 4) is 5.75 Å². The van der Waals surface area contributed by atoms with Gasteiger partial charge in [-0.15, -0.1) is 0 Å². The first-order valence-corrected chi connectivity index (χ1v) is 13.0. The van der Waals surface area contributed by atoms with Crippen molar-refractivity contribution < 1.29 is 14.3 Å². The summed E-state index contributed by atoms with van der Waals surface area (Å²) in [6.45, 7) is 4.96. The molecule has 170 valence electrons. The number of halogens is 1. The molecule has 1 atom stereocenters. The minimum Gasteiger partial charge on any atom is -0.492 e. The fourth-order valence-electron chi connectivity index (χ4n) is 4.29. The van der Waals surface area contributed by atoms with Gasteiger partial charge in [0.15, 0.2) is 0 Å². The summed E-state index contributed by atoms with van der Waals surface area (Å²) in [6, 6.07) is 5.48. The molecule has 1 aliphatic carbocycles. The highest BCUT2D eigenvalue weighted by Crippen LogP contribution is 2.29. The van der Waals surface area contributed by atoms with Gasteiger partial charge in [0.25, 0.3) is 0 Å². The molecule has 4 heteroatoms. The van der Waals surface area contributed by atoms with Crippen LogP contribution in [-0.2, 0) is 4.74 Å². The van der Waals surface area contributed by atoms with Gasteiger partial charge in [-0.2, -0.15) is 0 Å². The Morgan fingerprint density at radius 1 is 1.07 bits per heavy atom. The van der Waals surface area contributed by atoms with Crippen molar-refractivity contribution in [1.29, 1.82) is 0 Å². The molecule has 0 spiro atoms. The van der Waals surface area contributed by atoms with E-state index in [4.69, 9.17) is 9.47 Å². The van der Waals surface area contributed by atoms with Crippen LogP contribution in [-0.4, -0.2) is 18.7 Å². The van der Waals surface area contributed by atoms with Crippen molar-refractivity contribution in [2.45, 2.75) is 110 Å². The number of unbranched alkanes of at least 4 members (excludes halogenated alkanes) is 5. The molecule has 0 aromatic heterocycles. The molecule has 0 heterocycles. The average molecular weight is 482 g/mol. The predicted octanol–water partition coefficient (Wildman–Crippen LogP) is 8.48. The number of hydrogen-bond donors (Lipinski definition) is 0. The lowest BCUT2D eigenvalue weighted by Crippen LogP contribution is -2.16. The van der Waals surface area contributed by atoms with E-state index in [2.05, 4.69) is 22.9 Å². The van der Waals surface area contributed by atoms with Gasteiger partial charge in [0.1, 0.15) is 5.75 Å². The maximum atomic E-state index is 12.5. The second-order valence-corrected chi connectivity index (χ2v) is 9.77. The predicted molar refractivity (Wildman–Crippen MR) is 128 cm³/mol. The largest absolute Gasteiger partial charge is 0.492 e. The topological polar surface area (TPSA) is 35.5 Å². The highest BCUT2D eigenvalue weighted by molar-refractivity contribution is 9.10. The summed E-state index contributed by atoms with van der Waals surface area (Å²) in [5.74, 6) is 1.44. The molecule has 0 radical (unpaired) electrons. The SMILES string of the molecule is CCCCCCCCOc1ccc(C(=O)OC(C)CCCC2CCCCC2)cc1Br. The summed E-state index contributed by atoms with van der Waals surface area (Å²) in [6.07, 6.45) is 17.8. The summed E-state index contributed by atoms with van der Waals surface area (Å²) in [7, 11) is 0. The Morgan fingerprint density at radius 3 is 2.53 bits per heavy atom. The molecule has 1 fully saturated rings. The standard InChI is InChI=1S/C26H41BrO3/c1-3-4-5-6-7-11-19-29-25-18-17-23(20-24(25)27)26(28)30-21(2)13-12-16-22-14-9-8-10-15-22/h17-18,20-22H,3-16,19H2,1-2H3. The molecule has 1 aromatic rings. The van der Waals surface area contributed by atoms with Crippen LogP contribution >= 0.6 is 15.9 Å². The van der Waals surface area contributed by atoms with E-state index in [9.17, 15) is 4.79 Å². The average Bonchev–Trinajstić information content (AvgIpc) is 2.74. The van der Waals surface area contributed by atoms with Crippen molar-refractivity contribution >= 4 is 21.9 Å². The maximum Gasteiger partial charge on any atom is 0.338 e. The molecule has 2 rings (SSSR count). The number of carbonyl (C=O) groups is 1. The Labute approximate surface area is 192 Å². The van der Waals surface area contributed by atoms with Crippen molar-refractivity contribution in [3.05, 3.63) is 28.2 Å². The van der Waals surface area contributed by atoms with Gasteiger partial charge in [-0.3, -0.25) is 0 Å². The Bertz CT molecular complexity index is 610. The van der Waals surface area contributed by atoms with Crippen molar-refractivity contribution in [3.63, 3.8) is 0 Å². The van der Waals surface area contributed by atoms with Gasteiger partial charge in [-0.1, -0.05) is 77.6 Å². The minimum atomic E-state index is -0.247. The number of carbonyl (C=O) groups excluding carboxylic acids is 1. The maximum absolute atomic E-state index is 12.5. The fraction of sp³-hybridized carbons (Fsp3) is 0.731. The lowest BCUT2D eigenvalue weighted by atomic mass is 9.85. The number of rotatable bonds is 14. The van der Waals surface area contributed by atoms with Gasteiger partial charge in [0, 0.05) is 0 Å². The zero-order valence-corrected chi connectivity index (χ0v) is 20.7. The third-order valence-electron chi connectivity index (χ3n) is 6.18. The summed E-state index contributed by atoms with van der Waals surface area (Å²) < 4.78 is 12.3. The molecule has 0 aliphatic heterocycles. The molecule has 0 N–H and O–H groups in total. The smallest absolute Gasteiger partial charge is 0.338 e. The van der Waals surface area contributed by atoms with Crippen LogP contribution in [0.1, 0.15) is 114 Å². The van der Waals surface area contributed by atoms with Crippen molar-refractivity contribution in [1.82, 2.24) is 0 Å². The minimum absolute atomic E-state index is 0.0384. The Hall–Kier alpha value is -1.03. The van der Waals surface area contributed by atoms with E-state index in [-0.39, 0.29) is 12.1 Å². The highest BCUT2D eigenvalue weighted by Gasteiger charge is 2.16. The van der Waals surface area contributed by atoms with Crippen LogP contribution in [0.25, 0.3) is 0 Å². The van der Waals surface area contributed by atoms with Crippen LogP contribution in [0, 0.1) is 5.92 Å². The van der Waals surface area contributed by atoms with E-state index < -0.39 is 0 Å². The second kappa shape index (κ2) is 14.9. The summed E-state index contributed by atoms with van der Waals surface area (Å²) in [5.41, 5.74) is 0.577. The van der Waals surface area contributed by atoms with E-state index in [0.717, 1.165) is 35.4 Å². The van der Waals surface area contributed by atoms with E-state index in [1.54, 1.807) is 6.07 Å². The number of ether oxygens (including phenoxy) is 2. The molecule has 0 amide bonds. The summed E-state index contributed by atoms with van der Waals surface area (Å²) >= 11 is 3.54. The molecule has 1 aliphatic rings. The number of esters is 1. The third-order valence-corrected chi connectivity index (χ3v) is 6.80. The van der Waals surface area contributed by atoms with Gasteiger partial charge in [-0.05, 0) is 66.2 Å². The van der Waals surface area contributed by atoms with Crippen LogP contribution < -0.4 is 4.74 Å². The Kier molecular flexibility index (Phi) is 12.5. The Morgan fingerprint density at radius 2 is 1.80 bits per heavy atom. The van der Waals surface area contributed by atoms with Crippen LogP contribution in [0.4, 0.5) is 0 Å². The summed E-state index contributed by atoms with van der Waals surface area (Å²) in [4.78, 5) is 12.5. The molecule has 30 heavy (non-hydrogen) atoms. The second-order valence-electron chi connectivity index (χ2n) is 8.91. The van der Waals surface area contributed by atoms with E-state index >= 15 is 0 Å². The van der Waals surface area contributed by atoms with Gasteiger partial charge in [0.05, 0.1) is 22.7 Å². The fourth-order valence-corrected chi connectivity index (χ4v) is 4.78. The zero-order valence-electron chi connectivity index (χ0n) is 19.1. The van der Waals surface area contributed by atoms with Crippen LogP contribution in [0.15, 0.2) is 22.7 Å². The van der Waals surface area contributed by atoms with Crippen LogP contribution in [0.3, 0.4) is 0 Å². The quantitative estimate of drug-likeness (QED) is 0.197. The van der Waals surface area contributed by atoms with Crippen molar-refractivity contribution in [2.75, 3.05) is 6.61 Å². The Balaban J connectivity index is 1.66. The molecule has 1 unspecified atom stereocenters. The lowest BCUT2D eigenvalue weighted by Gasteiger charge is -2.22. The third kappa shape index (κ3) is 9.85. The van der Waals surface area contributed by atoms with Gasteiger partial charge in [-0.25, -0.2) is 4.79 Å². The first kappa shape index (κ1) is 25.2. The van der Waals surface area contributed by atoms with Gasteiger partial charge < -0.3 is 9.47 Å². The monoisotopic (exact) mass is 480 g/mol. The summed E-state index contributed by atoms with van der Waals surface area (Å²) in [5, 5.41) is 0. The van der Waals surface area contributed by atoms with Crippen LogP contribution in [0.5, 0.6) is 5.75 Å². The van der Waals surface area contributed by atoms with E-state index in [1.165, 1.54) is 70.6 Å². The molecular formula is C26H41BrO3. The molecular weight excluding hydrogens is 440 g/mol. The lowest BCUT2D eigenvalue weighted by molar-refractivity contribution is 0.0316. The van der Waals surface area contributed by atoms with E-state index in [0.29, 0.717) is 12.2 Å². The molecule has 1 aromatic carbocycles. The molecule has 1 saturated carbocycles. The number of benzene rings is 1.